The summed E-state index contributed by atoms with van der Waals surface area (Å²) in [6, 6.07) is 10.6. The molecular weight excluding hydrogens is 450 g/mol. The van der Waals surface area contributed by atoms with Crippen LogP contribution in [0.3, 0.4) is 0 Å². The van der Waals surface area contributed by atoms with E-state index in [4.69, 9.17) is 20.2 Å². The van der Waals surface area contributed by atoms with Crippen molar-refractivity contribution in [1.82, 2.24) is 9.55 Å². The summed E-state index contributed by atoms with van der Waals surface area (Å²) < 4.78 is 12.6. The Kier molecular flexibility index (Phi) is 7.57. The van der Waals surface area contributed by atoms with Gasteiger partial charge in [-0.05, 0) is 55.9 Å². The second-order valence-corrected chi connectivity index (χ2v) is 9.23. The molecule has 4 rings (SSSR count). The molecule has 1 aliphatic carbocycles. The van der Waals surface area contributed by atoms with Gasteiger partial charge >= 0.3 is 0 Å². The quantitative estimate of drug-likeness (QED) is 0.272. The van der Waals surface area contributed by atoms with Crippen LogP contribution in [0.1, 0.15) is 48.0 Å². The molecule has 1 amide bonds. The van der Waals surface area contributed by atoms with E-state index in [2.05, 4.69) is 6.08 Å². The predicted molar refractivity (Wildman–Crippen MR) is 135 cm³/mol. The van der Waals surface area contributed by atoms with Crippen LogP contribution >= 0.6 is 11.8 Å². The number of thioether (sulfide) groups is 1. The lowest BCUT2D eigenvalue weighted by Crippen LogP contribution is -2.24. The number of allylic oxidation sites excluding steroid dienone is 2. The Labute approximate surface area is 203 Å². The summed E-state index contributed by atoms with van der Waals surface area (Å²) in [6.45, 7) is 0.561. The Morgan fingerprint density at radius 2 is 1.94 bits per heavy atom. The number of aromatic nitrogens is 2. The summed E-state index contributed by atoms with van der Waals surface area (Å²) in [5.41, 5.74) is 8.68. The van der Waals surface area contributed by atoms with Gasteiger partial charge in [-0.2, -0.15) is 0 Å². The van der Waals surface area contributed by atoms with Gasteiger partial charge in [-0.15, -0.1) is 0 Å². The highest BCUT2D eigenvalue weighted by Crippen LogP contribution is 2.32. The summed E-state index contributed by atoms with van der Waals surface area (Å²) in [5, 5.41) is 1.13. The van der Waals surface area contributed by atoms with Crippen molar-refractivity contribution >= 4 is 28.6 Å². The first-order chi connectivity index (χ1) is 16.5. The maximum absolute atomic E-state index is 13.6. The summed E-state index contributed by atoms with van der Waals surface area (Å²) in [7, 11) is 3.11. The minimum atomic E-state index is -0.464. The van der Waals surface area contributed by atoms with E-state index in [0.29, 0.717) is 45.4 Å². The fourth-order valence-corrected chi connectivity index (χ4v) is 5.15. The van der Waals surface area contributed by atoms with Crippen molar-refractivity contribution in [3.8, 4) is 11.5 Å². The minimum absolute atomic E-state index is 0.101. The molecule has 0 saturated carbocycles. The van der Waals surface area contributed by atoms with Crippen LogP contribution in [0.4, 0.5) is 0 Å². The largest absolute Gasteiger partial charge is 0.493 e. The molecule has 7 nitrogen and oxygen atoms in total. The third kappa shape index (κ3) is 5.28. The Morgan fingerprint density at radius 1 is 1.15 bits per heavy atom. The van der Waals surface area contributed by atoms with E-state index in [1.807, 2.05) is 12.1 Å². The molecule has 8 heteroatoms. The van der Waals surface area contributed by atoms with Crippen molar-refractivity contribution in [2.24, 2.45) is 5.73 Å². The lowest BCUT2D eigenvalue weighted by Gasteiger charge is -2.17. The molecular formula is C26H29N3O4S. The highest BCUT2D eigenvalue weighted by atomic mass is 32.2. The SMILES string of the molecule is COc1cc2nc(SCc3cccc(C(N)=O)c3)n(CCC3=CCCCC3)c(=O)c2cc1OC. The number of nitrogens with two attached hydrogens (primary N) is 1. The Hall–Kier alpha value is -3.26. The molecule has 0 unspecified atom stereocenters. The highest BCUT2D eigenvalue weighted by molar-refractivity contribution is 7.98. The van der Waals surface area contributed by atoms with Crippen LogP contribution in [-0.4, -0.2) is 29.7 Å². The van der Waals surface area contributed by atoms with E-state index in [1.54, 1.807) is 43.1 Å². The zero-order chi connectivity index (χ0) is 24.1. The monoisotopic (exact) mass is 479 g/mol. The molecule has 0 aliphatic heterocycles. The average molecular weight is 480 g/mol. The molecule has 0 atom stereocenters. The fraction of sp³-hybridized carbons (Fsp3) is 0.346. The summed E-state index contributed by atoms with van der Waals surface area (Å²) >= 11 is 1.47. The number of carbonyl (C=O) groups is 1. The number of nitrogens with zero attached hydrogens (tertiary/aromatic N) is 2. The average Bonchev–Trinajstić information content (AvgIpc) is 2.87. The van der Waals surface area contributed by atoms with Gasteiger partial charge in [0.25, 0.3) is 5.56 Å². The first kappa shape index (κ1) is 23.9. The van der Waals surface area contributed by atoms with E-state index in [9.17, 15) is 9.59 Å². The lowest BCUT2D eigenvalue weighted by atomic mass is 9.97. The van der Waals surface area contributed by atoms with E-state index >= 15 is 0 Å². The smallest absolute Gasteiger partial charge is 0.262 e. The number of amides is 1. The number of rotatable bonds is 9. The molecule has 2 N–H and O–H groups in total. The zero-order valence-corrected chi connectivity index (χ0v) is 20.3. The number of carbonyl (C=O) groups excluding carboxylic acids is 1. The van der Waals surface area contributed by atoms with Gasteiger partial charge in [-0.3, -0.25) is 14.2 Å². The van der Waals surface area contributed by atoms with Crippen molar-refractivity contribution in [2.45, 2.75) is 49.6 Å². The topological polar surface area (TPSA) is 96.4 Å². The first-order valence-electron chi connectivity index (χ1n) is 11.4. The Balaban J connectivity index is 1.72. The molecule has 1 aliphatic rings. The van der Waals surface area contributed by atoms with Crippen LogP contribution in [0, 0.1) is 0 Å². The van der Waals surface area contributed by atoms with Crippen molar-refractivity contribution < 1.29 is 14.3 Å². The second-order valence-electron chi connectivity index (χ2n) is 8.29. The van der Waals surface area contributed by atoms with Gasteiger partial charge in [0, 0.05) is 23.9 Å². The molecule has 2 aromatic carbocycles. The maximum atomic E-state index is 13.6. The number of primary amides is 1. The number of ether oxygens (including phenoxy) is 2. The van der Waals surface area contributed by atoms with E-state index in [1.165, 1.54) is 30.2 Å². The molecule has 178 valence electrons. The lowest BCUT2D eigenvalue weighted by molar-refractivity contribution is 0.1000. The van der Waals surface area contributed by atoms with Crippen molar-refractivity contribution in [1.29, 1.82) is 0 Å². The summed E-state index contributed by atoms with van der Waals surface area (Å²) in [6.07, 6.45) is 7.75. The van der Waals surface area contributed by atoms with Gasteiger partial charge in [-0.25, -0.2) is 4.98 Å². The maximum Gasteiger partial charge on any atom is 0.262 e. The fourth-order valence-electron chi connectivity index (χ4n) is 4.18. The number of hydrogen-bond acceptors (Lipinski definition) is 6. The van der Waals surface area contributed by atoms with Crippen LogP contribution in [0.2, 0.25) is 0 Å². The van der Waals surface area contributed by atoms with E-state index < -0.39 is 5.91 Å². The van der Waals surface area contributed by atoms with Crippen molar-refractivity contribution in [3.63, 3.8) is 0 Å². The standard InChI is InChI=1S/C26H29N3O4S/c1-32-22-14-20-21(15-23(22)33-2)28-26(34-16-18-9-6-10-19(13-18)24(27)30)29(25(20)31)12-11-17-7-4-3-5-8-17/h6-7,9-10,13-15H,3-5,8,11-12,16H2,1-2H3,(H2,27,30). The molecule has 1 heterocycles. The van der Waals surface area contributed by atoms with Crippen molar-refractivity contribution in [3.05, 3.63) is 69.5 Å². The van der Waals surface area contributed by atoms with Gasteiger partial charge in [0.1, 0.15) is 0 Å². The summed E-state index contributed by atoms with van der Waals surface area (Å²) in [4.78, 5) is 30.0. The Morgan fingerprint density at radius 3 is 2.65 bits per heavy atom. The summed E-state index contributed by atoms with van der Waals surface area (Å²) in [5.74, 6) is 1.11. The first-order valence-corrected chi connectivity index (χ1v) is 12.3. The predicted octanol–water partition coefficient (Wildman–Crippen LogP) is 4.70. The van der Waals surface area contributed by atoms with Crippen LogP contribution in [0.15, 0.2) is 58.0 Å². The molecule has 3 aromatic rings. The van der Waals surface area contributed by atoms with Crippen molar-refractivity contribution in [2.75, 3.05) is 14.2 Å². The third-order valence-electron chi connectivity index (χ3n) is 6.05. The number of benzene rings is 2. The normalized spacial score (nSPS) is 13.5. The molecule has 0 fully saturated rings. The number of hydrogen-bond donors (Lipinski definition) is 1. The van der Waals surface area contributed by atoms with E-state index in [0.717, 1.165) is 24.8 Å². The molecule has 0 bridgehead atoms. The van der Waals surface area contributed by atoms with Crippen LogP contribution in [0.25, 0.3) is 10.9 Å². The molecule has 0 radical (unpaired) electrons. The molecule has 34 heavy (non-hydrogen) atoms. The second kappa shape index (κ2) is 10.8. The van der Waals surface area contributed by atoms with Crippen LogP contribution in [0.5, 0.6) is 11.5 Å². The number of fused-ring (bicyclic) bond motifs is 1. The highest BCUT2D eigenvalue weighted by Gasteiger charge is 2.16. The van der Waals surface area contributed by atoms with Gasteiger partial charge < -0.3 is 15.2 Å². The van der Waals surface area contributed by atoms with Crippen LogP contribution in [-0.2, 0) is 12.3 Å². The molecule has 0 saturated heterocycles. The zero-order valence-electron chi connectivity index (χ0n) is 19.5. The molecule has 1 aromatic heterocycles. The van der Waals surface area contributed by atoms with Crippen LogP contribution < -0.4 is 20.8 Å². The van der Waals surface area contributed by atoms with Gasteiger partial charge in [-0.1, -0.05) is 35.5 Å². The minimum Gasteiger partial charge on any atom is -0.493 e. The van der Waals surface area contributed by atoms with Gasteiger partial charge in [0.05, 0.1) is 25.1 Å². The third-order valence-corrected chi connectivity index (χ3v) is 7.09. The van der Waals surface area contributed by atoms with E-state index in [-0.39, 0.29) is 5.56 Å². The molecule has 0 spiro atoms. The van der Waals surface area contributed by atoms with Gasteiger partial charge in [0.15, 0.2) is 16.7 Å². The number of methoxy groups -OCH3 is 2. The van der Waals surface area contributed by atoms with Gasteiger partial charge in [0.2, 0.25) is 5.91 Å². The Bertz CT molecular complexity index is 1300.